The molecule has 0 aliphatic carbocycles. The van der Waals surface area contributed by atoms with Gasteiger partial charge in [0.1, 0.15) is 0 Å². The fourth-order valence-corrected chi connectivity index (χ4v) is 2.37. The van der Waals surface area contributed by atoms with Crippen LogP contribution in [0, 0.1) is 10.1 Å². The van der Waals surface area contributed by atoms with Crippen molar-refractivity contribution in [2.45, 2.75) is 45.4 Å². The van der Waals surface area contributed by atoms with Gasteiger partial charge in [0.05, 0.1) is 11.7 Å². The maximum Gasteiger partial charge on any atom is 0.270 e. The van der Waals surface area contributed by atoms with Crippen molar-refractivity contribution in [2.24, 2.45) is 0 Å². The molecule has 0 atom stereocenters. The SMILES string of the molecule is [2H]c1c(CCCCCCC)[nH]c2ccc([N+](=O)[O-])cc2c1=O. The molecule has 0 spiro atoms. The van der Waals surface area contributed by atoms with Crippen molar-refractivity contribution in [3.63, 3.8) is 0 Å². The number of nitrogens with zero attached hydrogens (tertiary/aromatic N) is 1. The van der Waals surface area contributed by atoms with Gasteiger partial charge in [-0.15, -0.1) is 0 Å². The van der Waals surface area contributed by atoms with Crippen molar-refractivity contribution in [3.05, 3.63) is 50.3 Å². The van der Waals surface area contributed by atoms with Crippen molar-refractivity contribution < 1.29 is 6.29 Å². The molecule has 0 aliphatic heterocycles. The molecule has 0 fully saturated rings. The molecule has 1 heterocycles. The Morgan fingerprint density at radius 3 is 2.76 bits per heavy atom. The van der Waals surface area contributed by atoms with E-state index in [-0.39, 0.29) is 17.1 Å². The van der Waals surface area contributed by atoms with Gasteiger partial charge in [0.2, 0.25) is 0 Å². The molecular formula is C16H20N2O3. The molecule has 0 aliphatic rings. The summed E-state index contributed by atoms with van der Waals surface area (Å²) in [5, 5.41) is 11.0. The molecule has 5 heteroatoms. The average molecular weight is 289 g/mol. The minimum atomic E-state index is -0.538. The number of unbranched alkanes of at least 4 members (excludes halogenated alkanes) is 4. The van der Waals surface area contributed by atoms with Gasteiger partial charge in [0.15, 0.2) is 5.43 Å². The lowest BCUT2D eigenvalue weighted by Gasteiger charge is -2.04. The van der Waals surface area contributed by atoms with E-state index in [1.807, 2.05) is 0 Å². The Balaban J connectivity index is 2.26. The highest BCUT2D eigenvalue weighted by atomic mass is 16.6. The van der Waals surface area contributed by atoms with E-state index in [0.717, 1.165) is 19.3 Å². The molecule has 1 aromatic heterocycles. The molecule has 0 radical (unpaired) electrons. The Hall–Kier alpha value is -2.17. The highest BCUT2D eigenvalue weighted by molar-refractivity contribution is 5.80. The number of hydrogen-bond donors (Lipinski definition) is 1. The molecule has 0 amide bonds. The van der Waals surface area contributed by atoms with Gasteiger partial charge in [-0.2, -0.15) is 0 Å². The van der Waals surface area contributed by atoms with E-state index in [2.05, 4.69) is 11.9 Å². The highest BCUT2D eigenvalue weighted by Gasteiger charge is 2.09. The van der Waals surface area contributed by atoms with E-state index < -0.39 is 10.4 Å². The smallest absolute Gasteiger partial charge is 0.270 e. The van der Waals surface area contributed by atoms with Crippen LogP contribution in [-0.2, 0) is 6.42 Å². The fraction of sp³-hybridized carbons (Fsp3) is 0.438. The monoisotopic (exact) mass is 289 g/mol. The second kappa shape index (κ2) is 7.02. The van der Waals surface area contributed by atoms with Crippen LogP contribution in [0.4, 0.5) is 5.69 Å². The minimum absolute atomic E-state index is 0.0801. The van der Waals surface area contributed by atoms with Crippen LogP contribution >= 0.6 is 0 Å². The van der Waals surface area contributed by atoms with Crippen molar-refractivity contribution in [1.29, 1.82) is 0 Å². The van der Waals surface area contributed by atoms with Gasteiger partial charge < -0.3 is 4.98 Å². The first-order valence-corrected chi connectivity index (χ1v) is 7.34. The number of nitro groups is 1. The first kappa shape index (κ1) is 13.8. The van der Waals surface area contributed by atoms with Crippen molar-refractivity contribution in [3.8, 4) is 0 Å². The predicted octanol–water partition coefficient (Wildman–Crippen LogP) is 3.95. The number of H-pyrrole nitrogens is 1. The summed E-state index contributed by atoms with van der Waals surface area (Å²) in [6.07, 6.45) is 6.20. The summed E-state index contributed by atoms with van der Waals surface area (Å²) < 4.78 is 7.96. The Labute approximate surface area is 124 Å². The molecule has 5 nitrogen and oxygen atoms in total. The lowest BCUT2D eigenvalue weighted by molar-refractivity contribution is -0.384. The third-order valence-corrected chi connectivity index (χ3v) is 3.54. The summed E-state index contributed by atoms with van der Waals surface area (Å²) in [5.41, 5.74) is 0.587. The quantitative estimate of drug-likeness (QED) is 0.476. The Morgan fingerprint density at radius 2 is 2.05 bits per heavy atom. The van der Waals surface area contributed by atoms with Gasteiger partial charge in [0.25, 0.3) is 5.69 Å². The lowest BCUT2D eigenvalue weighted by atomic mass is 10.1. The van der Waals surface area contributed by atoms with Crippen LogP contribution in [-0.4, -0.2) is 9.91 Å². The number of aromatic nitrogens is 1. The molecule has 2 rings (SSSR count). The number of fused-ring (bicyclic) bond motifs is 1. The molecular weight excluding hydrogens is 268 g/mol. The predicted molar refractivity (Wildman–Crippen MR) is 83.7 cm³/mol. The summed E-state index contributed by atoms with van der Waals surface area (Å²) in [6.45, 7) is 2.15. The lowest BCUT2D eigenvalue weighted by Crippen LogP contribution is -2.06. The Bertz CT molecular complexity index is 740. The van der Waals surface area contributed by atoms with Crippen LogP contribution in [0.5, 0.6) is 0 Å². The molecule has 0 bridgehead atoms. The zero-order valence-electron chi connectivity index (χ0n) is 13.1. The van der Waals surface area contributed by atoms with Crippen LogP contribution in [0.3, 0.4) is 0 Å². The Morgan fingerprint density at radius 1 is 1.29 bits per heavy atom. The van der Waals surface area contributed by atoms with Crippen molar-refractivity contribution in [2.75, 3.05) is 0 Å². The number of non-ortho nitro benzene ring substituents is 1. The first-order chi connectivity index (χ1) is 10.5. The molecule has 2 aromatic rings. The van der Waals surface area contributed by atoms with Crippen LogP contribution in [0.1, 0.15) is 46.1 Å². The zero-order valence-corrected chi connectivity index (χ0v) is 12.1. The topological polar surface area (TPSA) is 76.0 Å². The molecule has 21 heavy (non-hydrogen) atoms. The summed E-state index contributed by atoms with van der Waals surface area (Å²) in [4.78, 5) is 25.6. The largest absolute Gasteiger partial charge is 0.358 e. The number of nitro benzene ring substituents is 1. The van der Waals surface area contributed by atoms with Gasteiger partial charge in [-0.3, -0.25) is 14.9 Å². The van der Waals surface area contributed by atoms with Crippen molar-refractivity contribution >= 4 is 16.6 Å². The second-order valence-corrected chi connectivity index (χ2v) is 5.21. The van der Waals surface area contributed by atoms with Gasteiger partial charge in [-0.05, 0) is 18.9 Å². The summed E-state index contributed by atoms with van der Waals surface area (Å²) in [6, 6.07) is 4.06. The zero-order chi connectivity index (χ0) is 16.1. The molecule has 1 aromatic carbocycles. The summed E-state index contributed by atoms with van der Waals surface area (Å²) in [7, 11) is 0. The second-order valence-electron chi connectivity index (χ2n) is 5.21. The molecule has 1 N–H and O–H groups in total. The number of benzene rings is 1. The molecule has 0 saturated carbocycles. The average Bonchev–Trinajstić information content (AvgIpc) is 2.51. The number of aromatic amines is 1. The molecule has 0 unspecified atom stereocenters. The van der Waals surface area contributed by atoms with E-state index in [1.165, 1.54) is 31.0 Å². The Kier molecular flexibility index (Phi) is 4.61. The van der Waals surface area contributed by atoms with Crippen LogP contribution < -0.4 is 5.43 Å². The van der Waals surface area contributed by atoms with Crippen LogP contribution in [0.2, 0.25) is 0 Å². The van der Waals surface area contributed by atoms with Crippen LogP contribution in [0.15, 0.2) is 29.0 Å². The number of aryl methyl sites for hydroxylation is 1. The van der Waals surface area contributed by atoms with Crippen molar-refractivity contribution in [1.82, 2.24) is 4.98 Å². The summed E-state index contributed by atoms with van der Waals surface area (Å²) >= 11 is 0. The maximum atomic E-state index is 12.2. The maximum absolute atomic E-state index is 12.2. The van der Waals surface area contributed by atoms with Gasteiger partial charge in [-0.25, -0.2) is 0 Å². The number of pyridine rings is 1. The first-order valence-electron chi connectivity index (χ1n) is 7.84. The van der Waals surface area contributed by atoms with Gasteiger partial charge >= 0.3 is 0 Å². The van der Waals surface area contributed by atoms with Gasteiger partial charge in [0, 0.05) is 29.4 Å². The highest BCUT2D eigenvalue weighted by Crippen LogP contribution is 2.17. The summed E-state index contributed by atoms with van der Waals surface area (Å²) in [5.74, 6) is 0. The number of nitrogens with one attached hydrogen (secondary N) is 1. The minimum Gasteiger partial charge on any atom is -0.358 e. The molecule has 112 valence electrons. The van der Waals surface area contributed by atoms with E-state index in [1.54, 1.807) is 0 Å². The fourth-order valence-electron chi connectivity index (χ4n) is 2.37. The van der Waals surface area contributed by atoms with E-state index >= 15 is 0 Å². The number of hydrogen-bond acceptors (Lipinski definition) is 3. The van der Waals surface area contributed by atoms with E-state index in [9.17, 15) is 14.9 Å². The standard InChI is InChI=1S/C16H20N2O3/c1-2-3-4-5-6-7-12-10-16(19)14-11-13(18(20)21)8-9-15(14)17-12/h8-11H,2-7H2,1H3,(H,17,19)/i10D. The molecule has 0 saturated heterocycles. The third-order valence-electron chi connectivity index (χ3n) is 3.54. The normalized spacial score (nSPS) is 11.6. The van der Waals surface area contributed by atoms with E-state index in [4.69, 9.17) is 1.37 Å². The third kappa shape index (κ3) is 3.90. The number of rotatable bonds is 7. The van der Waals surface area contributed by atoms with E-state index in [0.29, 0.717) is 17.6 Å². The van der Waals surface area contributed by atoms with Crippen LogP contribution in [0.25, 0.3) is 10.9 Å². The van der Waals surface area contributed by atoms with Gasteiger partial charge in [-0.1, -0.05) is 32.6 Å².